The molecule has 6 rings (SSSR count). The van der Waals surface area contributed by atoms with Gasteiger partial charge in [0.05, 0.1) is 29.2 Å². The minimum Gasteiger partial charge on any atom is -0.349 e. The summed E-state index contributed by atoms with van der Waals surface area (Å²) in [6, 6.07) is 7.04. The van der Waals surface area contributed by atoms with Gasteiger partial charge in [-0.05, 0) is 64.7 Å². The third kappa shape index (κ3) is 4.55. The topological polar surface area (TPSA) is 102 Å². The van der Waals surface area contributed by atoms with Crippen molar-refractivity contribution in [3.63, 3.8) is 0 Å². The van der Waals surface area contributed by atoms with Crippen LogP contribution < -0.4 is 10.6 Å². The average Bonchev–Trinajstić information content (AvgIpc) is 3.63. The van der Waals surface area contributed by atoms with Crippen molar-refractivity contribution >= 4 is 49.5 Å². The van der Waals surface area contributed by atoms with Crippen LogP contribution in [0.3, 0.4) is 0 Å². The molecule has 3 aromatic heterocycles. The Hall–Kier alpha value is -3.49. The number of hydrogen-bond acceptors (Lipinski definition) is 6. The van der Waals surface area contributed by atoms with Gasteiger partial charge in [0.2, 0.25) is 11.6 Å². The zero-order valence-electron chi connectivity index (χ0n) is 19.9. The standard InChI is InChI=1S/C26H24BrFN8O/c1-29-20-10-17(9-15-3-2-6-31-23(15)20)36-25-18(24(27)35-36)11-32-22(34-25)8-14-4-5-16(7-14)26(37)33-21-13-30-12-19(21)28/h2-3,6,9-11,14,16,19,21,30H,4-5,7-8,12-13H2,(H,33,37)/t14-,16-,19+,21-/m1/s1. The first-order chi connectivity index (χ1) is 18.0. The first-order valence-electron chi connectivity index (χ1n) is 12.3. The molecule has 1 aromatic carbocycles. The van der Waals surface area contributed by atoms with Crippen molar-refractivity contribution in [2.75, 3.05) is 13.1 Å². The van der Waals surface area contributed by atoms with Gasteiger partial charge >= 0.3 is 0 Å². The SMILES string of the molecule is [C-]#[N+]c1cc(-n2nc(Br)c3cnc(C[C@@H]4CC[C@@H](C(=O)N[C@@H]5CNC[C@@H]5F)C4)nc32)cc2cccnc12. The van der Waals surface area contributed by atoms with Gasteiger partial charge in [0.15, 0.2) is 5.65 Å². The Labute approximate surface area is 220 Å². The third-order valence-corrected chi connectivity index (χ3v) is 7.90. The van der Waals surface area contributed by atoms with Crippen LogP contribution in [0.2, 0.25) is 0 Å². The summed E-state index contributed by atoms with van der Waals surface area (Å²) in [5.41, 5.74) is 2.46. The summed E-state index contributed by atoms with van der Waals surface area (Å²) in [4.78, 5) is 30.1. The van der Waals surface area contributed by atoms with Crippen LogP contribution in [0.5, 0.6) is 0 Å². The van der Waals surface area contributed by atoms with Crippen LogP contribution >= 0.6 is 15.9 Å². The molecule has 2 aliphatic rings. The van der Waals surface area contributed by atoms with Crippen LogP contribution in [0.15, 0.2) is 41.3 Å². The molecule has 0 spiro atoms. The monoisotopic (exact) mass is 562 g/mol. The highest BCUT2D eigenvalue weighted by Crippen LogP contribution is 2.34. The maximum atomic E-state index is 13.9. The Balaban J connectivity index is 1.23. The van der Waals surface area contributed by atoms with Gasteiger partial charge in [0.25, 0.3) is 0 Å². The lowest BCUT2D eigenvalue weighted by molar-refractivity contribution is -0.125. The van der Waals surface area contributed by atoms with E-state index in [1.54, 1.807) is 23.1 Å². The van der Waals surface area contributed by atoms with Crippen molar-refractivity contribution in [3.05, 3.63) is 58.5 Å². The Morgan fingerprint density at radius 2 is 2.19 bits per heavy atom. The lowest BCUT2D eigenvalue weighted by atomic mass is 10.0. The van der Waals surface area contributed by atoms with Gasteiger partial charge in [-0.2, -0.15) is 5.10 Å². The summed E-state index contributed by atoms with van der Waals surface area (Å²) in [7, 11) is 0. The van der Waals surface area contributed by atoms with Crippen LogP contribution in [0.25, 0.3) is 32.5 Å². The normalized spacial score (nSPS) is 23.5. The molecule has 4 heterocycles. The van der Waals surface area contributed by atoms with E-state index in [0.29, 0.717) is 46.8 Å². The highest BCUT2D eigenvalue weighted by atomic mass is 79.9. The lowest BCUT2D eigenvalue weighted by Gasteiger charge is -2.17. The van der Waals surface area contributed by atoms with E-state index in [4.69, 9.17) is 11.6 Å². The molecule has 0 radical (unpaired) electrons. The molecule has 4 atom stereocenters. The number of hydrogen-bond donors (Lipinski definition) is 2. The second-order valence-corrected chi connectivity index (χ2v) is 10.5. The molecule has 1 aliphatic carbocycles. The van der Waals surface area contributed by atoms with Crippen LogP contribution in [0.1, 0.15) is 25.1 Å². The van der Waals surface area contributed by atoms with Gasteiger partial charge in [-0.15, -0.1) is 0 Å². The second kappa shape index (κ2) is 9.76. The number of amides is 1. The lowest BCUT2D eigenvalue weighted by Crippen LogP contribution is -2.43. The molecule has 0 bridgehead atoms. The summed E-state index contributed by atoms with van der Waals surface area (Å²) >= 11 is 3.52. The Kier molecular flexibility index (Phi) is 6.30. The van der Waals surface area contributed by atoms with Gasteiger partial charge < -0.3 is 10.6 Å². The number of nitrogens with zero attached hydrogens (tertiary/aromatic N) is 6. The van der Waals surface area contributed by atoms with Crippen molar-refractivity contribution in [2.24, 2.45) is 11.8 Å². The minimum absolute atomic E-state index is 0.0568. The first-order valence-corrected chi connectivity index (χ1v) is 13.1. The van der Waals surface area contributed by atoms with Gasteiger partial charge in [-0.1, -0.05) is 6.07 Å². The van der Waals surface area contributed by atoms with Crippen molar-refractivity contribution in [1.29, 1.82) is 0 Å². The number of benzene rings is 1. The molecule has 1 amide bonds. The van der Waals surface area contributed by atoms with Crippen LogP contribution in [0.4, 0.5) is 10.1 Å². The maximum Gasteiger partial charge on any atom is 0.223 e. The van der Waals surface area contributed by atoms with E-state index >= 15 is 0 Å². The predicted molar refractivity (Wildman–Crippen MR) is 140 cm³/mol. The smallest absolute Gasteiger partial charge is 0.223 e. The molecule has 1 saturated carbocycles. The summed E-state index contributed by atoms with van der Waals surface area (Å²) in [5.74, 6) is 0.790. The quantitative estimate of drug-likeness (QED) is 0.355. The largest absolute Gasteiger partial charge is 0.349 e. The number of nitrogens with one attached hydrogen (secondary N) is 2. The minimum atomic E-state index is -1.03. The Morgan fingerprint density at radius 1 is 1.30 bits per heavy atom. The number of fused-ring (bicyclic) bond motifs is 2. The number of carbonyl (C=O) groups is 1. The number of aromatic nitrogens is 5. The molecular formula is C26H24BrFN8O. The van der Waals surface area contributed by atoms with Crippen molar-refractivity contribution in [1.82, 2.24) is 35.4 Å². The zero-order chi connectivity index (χ0) is 25.5. The Bertz CT molecular complexity index is 1550. The molecule has 11 heteroatoms. The van der Waals surface area contributed by atoms with Crippen molar-refractivity contribution < 1.29 is 9.18 Å². The average molecular weight is 563 g/mol. The van der Waals surface area contributed by atoms with Gasteiger partial charge in [-0.25, -0.2) is 23.9 Å². The zero-order valence-corrected chi connectivity index (χ0v) is 21.4. The van der Waals surface area contributed by atoms with E-state index in [2.05, 4.69) is 46.5 Å². The fourth-order valence-electron chi connectivity index (χ4n) is 5.39. The van der Waals surface area contributed by atoms with Gasteiger partial charge in [0.1, 0.15) is 16.6 Å². The first kappa shape index (κ1) is 23.9. The van der Waals surface area contributed by atoms with E-state index in [9.17, 15) is 9.18 Å². The summed E-state index contributed by atoms with van der Waals surface area (Å²) in [6.45, 7) is 8.37. The summed E-state index contributed by atoms with van der Waals surface area (Å²) < 4.78 is 16.2. The fourth-order valence-corrected chi connectivity index (χ4v) is 5.83. The maximum absolute atomic E-state index is 13.9. The molecule has 188 valence electrons. The molecule has 4 aromatic rings. The van der Waals surface area contributed by atoms with E-state index in [1.165, 1.54) is 0 Å². The fraction of sp³-hybridized carbons (Fsp3) is 0.385. The van der Waals surface area contributed by atoms with E-state index in [1.807, 2.05) is 18.2 Å². The van der Waals surface area contributed by atoms with Crippen molar-refractivity contribution in [3.8, 4) is 5.69 Å². The molecule has 2 fully saturated rings. The van der Waals surface area contributed by atoms with Crippen LogP contribution in [-0.4, -0.2) is 55.9 Å². The van der Waals surface area contributed by atoms with Gasteiger partial charge in [0, 0.05) is 37.8 Å². The number of carbonyl (C=O) groups excluding carboxylic acids is 1. The Morgan fingerprint density at radius 3 is 3.00 bits per heavy atom. The number of alkyl halides is 1. The van der Waals surface area contributed by atoms with Crippen LogP contribution in [-0.2, 0) is 11.2 Å². The van der Waals surface area contributed by atoms with E-state index in [-0.39, 0.29) is 17.7 Å². The van der Waals surface area contributed by atoms with Crippen LogP contribution in [0, 0.1) is 18.4 Å². The third-order valence-electron chi connectivity index (χ3n) is 7.31. The molecule has 0 unspecified atom stereocenters. The van der Waals surface area contributed by atoms with Gasteiger partial charge in [-0.3, -0.25) is 9.78 Å². The molecule has 1 saturated heterocycles. The van der Waals surface area contributed by atoms with Crippen molar-refractivity contribution in [2.45, 2.75) is 37.9 Å². The highest BCUT2D eigenvalue weighted by Gasteiger charge is 2.34. The van der Waals surface area contributed by atoms with E-state index in [0.717, 1.165) is 35.7 Å². The van der Waals surface area contributed by atoms with E-state index < -0.39 is 12.2 Å². The molecular weight excluding hydrogens is 539 g/mol. The second-order valence-electron chi connectivity index (χ2n) is 9.75. The molecule has 1 aliphatic heterocycles. The number of pyridine rings is 1. The molecule has 37 heavy (non-hydrogen) atoms. The predicted octanol–water partition coefficient (Wildman–Crippen LogP) is 4.06. The summed E-state index contributed by atoms with van der Waals surface area (Å²) in [5, 5.41) is 12.1. The summed E-state index contributed by atoms with van der Waals surface area (Å²) in [6.07, 6.45) is 5.47. The molecule has 9 nitrogen and oxygen atoms in total. The number of rotatable bonds is 5. The number of halogens is 2. The molecule has 2 N–H and O–H groups in total. The highest BCUT2D eigenvalue weighted by molar-refractivity contribution is 9.10.